The summed E-state index contributed by atoms with van der Waals surface area (Å²) in [4.78, 5) is 13.8. The number of para-hydroxylation sites is 2. The van der Waals surface area contributed by atoms with Crippen molar-refractivity contribution in [2.75, 3.05) is 4.90 Å². The van der Waals surface area contributed by atoms with Crippen LogP contribution in [0.5, 0.6) is 0 Å². The highest BCUT2D eigenvalue weighted by Crippen LogP contribution is 2.22. The number of carbonyl (C=O) groups is 1. The normalized spacial score (nSPS) is 11.3. The molecule has 3 rings (SSSR count). The van der Waals surface area contributed by atoms with E-state index in [0.717, 1.165) is 30.1 Å². The van der Waals surface area contributed by atoms with E-state index in [-0.39, 0.29) is 5.91 Å². The molecule has 0 saturated carbocycles. The van der Waals surface area contributed by atoms with E-state index in [2.05, 4.69) is 41.8 Å². The van der Waals surface area contributed by atoms with Crippen molar-refractivity contribution < 1.29 is 9.36 Å². The van der Waals surface area contributed by atoms with E-state index in [1.807, 2.05) is 36.5 Å². The van der Waals surface area contributed by atoms with E-state index < -0.39 is 0 Å². The van der Waals surface area contributed by atoms with Gasteiger partial charge in [-0.25, -0.2) is 0 Å². The minimum Gasteiger partial charge on any atom is -0.288 e. The van der Waals surface area contributed by atoms with Crippen LogP contribution in [0.1, 0.15) is 31.7 Å². The molecule has 25 heavy (non-hydrogen) atoms. The van der Waals surface area contributed by atoms with E-state index in [1.54, 1.807) is 23.2 Å². The van der Waals surface area contributed by atoms with Crippen molar-refractivity contribution >= 4 is 39.2 Å². The summed E-state index contributed by atoms with van der Waals surface area (Å²) >= 11 is 1.76. The molecule has 128 valence electrons. The predicted molar refractivity (Wildman–Crippen MR) is 106 cm³/mol. The van der Waals surface area contributed by atoms with Crippen LogP contribution < -0.4 is 9.47 Å². The van der Waals surface area contributed by atoms with Crippen LogP contribution in [0.25, 0.3) is 16.3 Å². The number of benzene rings is 2. The SMILES string of the molecule is CCCC[n+]1c(C=CN(C(C)=O)c2ccccc2)sc2ccccc21. The monoisotopic (exact) mass is 351 g/mol. The van der Waals surface area contributed by atoms with Crippen LogP contribution in [0.15, 0.2) is 60.8 Å². The zero-order valence-corrected chi connectivity index (χ0v) is 15.5. The first-order valence-corrected chi connectivity index (χ1v) is 9.46. The topological polar surface area (TPSA) is 24.2 Å². The van der Waals surface area contributed by atoms with Gasteiger partial charge in [0, 0.05) is 37.4 Å². The summed E-state index contributed by atoms with van der Waals surface area (Å²) < 4.78 is 3.62. The van der Waals surface area contributed by atoms with Gasteiger partial charge in [-0.1, -0.05) is 55.0 Å². The molecular weight excluding hydrogens is 328 g/mol. The zero-order chi connectivity index (χ0) is 17.6. The van der Waals surface area contributed by atoms with Crippen molar-refractivity contribution in [2.24, 2.45) is 0 Å². The zero-order valence-electron chi connectivity index (χ0n) is 14.7. The Labute approximate surface area is 152 Å². The van der Waals surface area contributed by atoms with Gasteiger partial charge in [0.25, 0.3) is 5.01 Å². The van der Waals surface area contributed by atoms with Crippen molar-refractivity contribution in [3.63, 3.8) is 0 Å². The number of fused-ring (bicyclic) bond motifs is 1. The second kappa shape index (κ2) is 8.08. The fourth-order valence-corrected chi connectivity index (χ4v) is 3.91. The Balaban J connectivity index is 1.97. The number of aryl methyl sites for hydroxylation is 1. The van der Waals surface area contributed by atoms with E-state index in [9.17, 15) is 4.79 Å². The van der Waals surface area contributed by atoms with Crippen LogP contribution in [0.2, 0.25) is 0 Å². The number of rotatable bonds is 6. The Morgan fingerprint density at radius 2 is 1.84 bits per heavy atom. The Hall–Kier alpha value is -2.46. The minimum absolute atomic E-state index is 0.00340. The van der Waals surface area contributed by atoms with Crippen LogP contribution in [0.3, 0.4) is 0 Å². The Kier molecular flexibility index (Phi) is 5.61. The highest BCUT2D eigenvalue weighted by molar-refractivity contribution is 7.18. The van der Waals surface area contributed by atoms with E-state index >= 15 is 0 Å². The Morgan fingerprint density at radius 3 is 2.56 bits per heavy atom. The minimum atomic E-state index is 0.00340. The third-order valence-corrected chi connectivity index (χ3v) is 5.24. The van der Waals surface area contributed by atoms with Crippen molar-refractivity contribution in [3.05, 3.63) is 65.8 Å². The molecule has 4 heteroatoms. The lowest BCUT2D eigenvalue weighted by molar-refractivity contribution is -0.669. The fourth-order valence-electron chi connectivity index (χ4n) is 2.82. The summed E-state index contributed by atoms with van der Waals surface area (Å²) in [6.45, 7) is 4.79. The molecule has 0 aliphatic heterocycles. The van der Waals surface area contributed by atoms with Crippen LogP contribution in [-0.4, -0.2) is 5.91 Å². The molecule has 3 aromatic rings. The molecular formula is C21H23N2OS+. The number of amides is 1. The van der Waals surface area contributed by atoms with Gasteiger partial charge in [-0.05, 0) is 18.2 Å². The van der Waals surface area contributed by atoms with E-state index in [0.29, 0.717) is 0 Å². The van der Waals surface area contributed by atoms with E-state index in [1.165, 1.54) is 10.2 Å². The summed E-state index contributed by atoms with van der Waals surface area (Å²) in [5.74, 6) is 0.00340. The average molecular weight is 351 g/mol. The van der Waals surface area contributed by atoms with Gasteiger partial charge in [-0.15, -0.1) is 0 Å². The summed E-state index contributed by atoms with van der Waals surface area (Å²) in [7, 11) is 0. The van der Waals surface area contributed by atoms with Crippen LogP contribution in [-0.2, 0) is 11.3 Å². The number of nitrogens with zero attached hydrogens (tertiary/aromatic N) is 2. The summed E-state index contributed by atoms with van der Waals surface area (Å²) in [6, 6.07) is 18.2. The number of aromatic nitrogens is 1. The van der Waals surface area contributed by atoms with Gasteiger partial charge in [0.1, 0.15) is 4.70 Å². The molecule has 0 bridgehead atoms. The van der Waals surface area contributed by atoms with Crippen molar-refractivity contribution in [1.29, 1.82) is 0 Å². The van der Waals surface area contributed by atoms with Gasteiger partial charge in [-0.2, -0.15) is 4.57 Å². The Morgan fingerprint density at radius 1 is 1.12 bits per heavy atom. The van der Waals surface area contributed by atoms with E-state index in [4.69, 9.17) is 0 Å². The molecule has 0 aliphatic carbocycles. The number of hydrogen-bond acceptors (Lipinski definition) is 2. The number of hydrogen-bond donors (Lipinski definition) is 0. The molecule has 0 saturated heterocycles. The number of anilines is 1. The average Bonchev–Trinajstić information content (AvgIpc) is 2.98. The maximum absolute atomic E-state index is 12.1. The molecule has 0 atom stereocenters. The largest absolute Gasteiger partial charge is 0.288 e. The lowest BCUT2D eigenvalue weighted by atomic mass is 10.3. The quantitative estimate of drug-likeness (QED) is 0.573. The molecule has 0 aliphatic rings. The number of carbonyl (C=O) groups excluding carboxylic acids is 1. The predicted octanol–water partition coefficient (Wildman–Crippen LogP) is 5.01. The van der Waals surface area contributed by atoms with Crippen LogP contribution >= 0.6 is 11.3 Å². The third kappa shape index (κ3) is 3.97. The van der Waals surface area contributed by atoms with Crippen molar-refractivity contribution in [3.8, 4) is 0 Å². The summed E-state index contributed by atoms with van der Waals surface area (Å²) in [5, 5.41) is 1.16. The fraction of sp³-hybridized carbons (Fsp3) is 0.238. The highest BCUT2D eigenvalue weighted by atomic mass is 32.1. The van der Waals surface area contributed by atoms with Gasteiger partial charge in [0.2, 0.25) is 11.4 Å². The standard InChI is InChI=1S/C21H23N2OS/c1-3-4-15-23-19-12-8-9-13-20(19)25-21(23)14-16-22(17(2)24)18-10-6-5-7-11-18/h5-14,16H,3-4,15H2,1-2H3/q+1. The van der Waals surface area contributed by atoms with Gasteiger partial charge in [0.15, 0.2) is 6.54 Å². The highest BCUT2D eigenvalue weighted by Gasteiger charge is 2.18. The third-order valence-electron chi connectivity index (χ3n) is 4.11. The lowest BCUT2D eigenvalue weighted by Crippen LogP contribution is -2.35. The molecule has 1 aromatic heterocycles. The van der Waals surface area contributed by atoms with Crippen LogP contribution in [0, 0.1) is 0 Å². The molecule has 1 heterocycles. The first kappa shape index (κ1) is 17.4. The Bertz CT molecular complexity index is 883. The number of thiazole rings is 1. The maximum Gasteiger partial charge on any atom is 0.264 e. The number of unbranched alkanes of at least 4 members (excludes halogenated alkanes) is 1. The molecule has 0 spiro atoms. The molecule has 2 aromatic carbocycles. The van der Waals surface area contributed by atoms with Gasteiger partial charge >= 0.3 is 0 Å². The first-order chi connectivity index (χ1) is 12.2. The van der Waals surface area contributed by atoms with Gasteiger partial charge < -0.3 is 0 Å². The molecule has 0 radical (unpaired) electrons. The molecule has 0 N–H and O–H groups in total. The molecule has 1 amide bonds. The molecule has 3 nitrogen and oxygen atoms in total. The summed E-state index contributed by atoms with van der Waals surface area (Å²) in [6.07, 6.45) is 6.23. The smallest absolute Gasteiger partial charge is 0.264 e. The molecule has 0 unspecified atom stereocenters. The van der Waals surface area contributed by atoms with Gasteiger partial charge in [-0.3, -0.25) is 9.69 Å². The maximum atomic E-state index is 12.1. The molecule has 0 fully saturated rings. The second-order valence-corrected chi connectivity index (χ2v) is 7.02. The first-order valence-electron chi connectivity index (χ1n) is 8.65. The van der Waals surface area contributed by atoms with Crippen LogP contribution in [0.4, 0.5) is 5.69 Å². The lowest BCUT2D eigenvalue weighted by Gasteiger charge is -2.15. The van der Waals surface area contributed by atoms with Crippen molar-refractivity contribution in [1.82, 2.24) is 0 Å². The summed E-state index contributed by atoms with van der Waals surface area (Å²) in [5.41, 5.74) is 2.14. The van der Waals surface area contributed by atoms with Crippen molar-refractivity contribution in [2.45, 2.75) is 33.2 Å². The van der Waals surface area contributed by atoms with Gasteiger partial charge in [0.05, 0.1) is 0 Å². The second-order valence-electron chi connectivity index (χ2n) is 5.95.